The third-order valence-corrected chi connectivity index (χ3v) is 7.19. The fraction of sp³-hybridized carbons (Fsp3) is 0.111. The van der Waals surface area contributed by atoms with Crippen LogP contribution in [0.5, 0.6) is 5.75 Å². The van der Waals surface area contributed by atoms with Gasteiger partial charge >= 0.3 is 6.03 Å². The van der Waals surface area contributed by atoms with Gasteiger partial charge in [-0.2, -0.15) is 0 Å². The van der Waals surface area contributed by atoms with Gasteiger partial charge in [-0.05, 0) is 105 Å². The van der Waals surface area contributed by atoms with Crippen molar-refractivity contribution in [3.63, 3.8) is 0 Å². The average Bonchev–Trinajstić information content (AvgIpc) is 2.85. The van der Waals surface area contributed by atoms with Gasteiger partial charge in [-0.1, -0.05) is 29.8 Å². The zero-order valence-corrected chi connectivity index (χ0v) is 24.0. The largest absolute Gasteiger partial charge is 0.481 e. The molecule has 11 heteroatoms. The summed E-state index contributed by atoms with van der Waals surface area (Å²) >= 11 is 12.9. The van der Waals surface area contributed by atoms with Gasteiger partial charge in [0, 0.05) is 0 Å². The van der Waals surface area contributed by atoms with Crippen LogP contribution < -0.4 is 20.3 Å². The van der Waals surface area contributed by atoms with Crippen LogP contribution >= 0.6 is 43.5 Å². The standard InChI is InChI=1S/C27H20Br2ClN3O5/c1-14-7-8-17(9-15(14)2)33-26(36)18(25(35)32-27(33)37)10-16-11-19(28)24(20(29)12-16)38-13-23(34)31-22-6-4-3-5-21(22)30/h3-12H,13H2,1-2H3,(H,31,34)(H,32,35,37)/b18-10-. The maximum absolute atomic E-state index is 13.2. The minimum Gasteiger partial charge on any atom is -0.481 e. The lowest BCUT2D eigenvalue weighted by atomic mass is 10.1. The number of halogens is 3. The molecule has 2 N–H and O–H groups in total. The Labute approximate surface area is 240 Å². The summed E-state index contributed by atoms with van der Waals surface area (Å²) in [7, 11) is 0. The average molecular weight is 662 g/mol. The van der Waals surface area contributed by atoms with Crippen LogP contribution in [0.1, 0.15) is 16.7 Å². The van der Waals surface area contributed by atoms with Gasteiger partial charge in [0.2, 0.25) is 0 Å². The molecule has 3 aromatic rings. The van der Waals surface area contributed by atoms with Gasteiger partial charge in [-0.3, -0.25) is 19.7 Å². The number of carbonyl (C=O) groups is 4. The van der Waals surface area contributed by atoms with Crippen molar-refractivity contribution in [2.75, 3.05) is 16.8 Å². The highest BCUT2D eigenvalue weighted by Gasteiger charge is 2.37. The normalized spacial score (nSPS) is 14.5. The molecular weight excluding hydrogens is 642 g/mol. The molecule has 0 radical (unpaired) electrons. The van der Waals surface area contributed by atoms with Crippen LogP contribution in [0.15, 0.2) is 69.1 Å². The van der Waals surface area contributed by atoms with E-state index in [2.05, 4.69) is 42.5 Å². The molecule has 0 unspecified atom stereocenters. The van der Waals surface area contributed by atoms with Gasteiger partial charge < -0.3 is 10.1 Å². The Morgan fingerprint density at radius 1 is 1.03 bits per heavy atom. The van der Waals surface area contributed by atoms with Crippen LogP contribution in [0.2, 0.25) is 5.02 Å². The van der Waals surface area contributed by atoms with Crippen LogP contribution in [0.4, 0.5) is 16.2 Å². The van der Waals surface area contributed by atoms with E-state index in [0.29, 0.717) is 36.7 Å². The molecule has 194 valence electrons. The van der Waals surface area contributed by atoms with E-state index in [9.17, 15) is 19.2 Å². The highest BCUT2D eigenvalue weighted by Crippen LogP contribution is 2.36. The van der Waals surface area contributed by atoms with Crippen molar-refractivity contribution in [1.82, 2.24) is 5.32 Å². The Kier molecular flexibility index (Phi) is 8.35. The first kappa shape index (κ1) is 27.6. The van der Waals surface area contributed by atoms with Crippen molar-refractivity contribution in [3.05, 3.63) is 90.8 Å². The third kappa shape index (κ3) is 5.98. The Morgan fingerprint density at radius 3 is 2.37 bits per heavy atom. The molecule has 0 aromatic heterocycles. The second-order valence-electron chi connectivity index (χ2n) is 8.36. The minimum atomic E-state index is -0.818. The summed E-state index contributed by atoms with van der Waals surface area (Å²) in [4.78, 5) is 51.5. The van der Waals surface area contributed by atoms with Gasteiger partial charge in [0.15, 0.2) is 6.61 Å². The zero-order chi connectivity index (χ0) is 27.6. The molecule has 3 aromatic carbocycles. The number of hydrogen-bond acceptors (Lipinski definition) is 5. The van der Waals surface area contributed by atoms with Crippen LogP contribution in [-0.4, -0.2) is 30.4 Å². The predicted octanol–water partition coefficient (Wildman–Crippen LogP) is 6.17. The summed E-state index contributed by atoms with van der Waals surface area (Å²) in [6.07, 6.45) is 1.38. The molecule has 1 heterocycles. The van der Waals surface area contributed by atoms with E-state index in [-0.39, 0.29) is 12.2 Å². The van der Waals surface area contributed by atoms with Crippen molar-refractivity contribution in [1.29, 1.82) is 0 Å². The highest BCUT2D eigenvalue weighted by atomic mass is 79.9. The quantitative estimate of drug-likeness (QED) is 0.243. The summed E-state index contributed by atoms with van der Waals surface area (Å²) in [6.45, 7) is 3.49. The Morgan fingerprint density at radius 2 is 1.71 bits per heavy atom. The molecule has 0 bridgehead atoms. The lowest BCUT2D eigenvalue weighted by molar-refractivity contribution is -0.122. The number of carbonyl (C=O) groups excluding carboxylic acids is 4. The number of nitrogens with zero attached hydrogens (tertiary/aromatic N) is 1. The molecule has 1 aliphatic rings. The van der Waals surface area contributed by atoms with Crippen molar-refractivity contribution >= 4 is 84.7 Å². The Bertz CT molecular complexity index is 1500. The first-order valence-electron chi connectivity index (χ1n) is 11.2. The van der Waals surface area contributed by atoms with Gasteiger partial charge in [0.1, 0.15) is 11.3 Å². The number of hydrogen-bond donors (Lipinski definition) is 2. The first-order chi connectivity index (χ1) is 18.0. The molecule has 0 atom stereocenters. The zero-order valence-electron chi connectivity index (χ0n) is 20.1. The van der Waals surface area contributed by atoms with Crippen molar-refractivity contribution in [2.24, 2.45) is 0 Å². The van der Waals surface area contributed by atoms with Crippen LogP contribution in [-0.2, 0) is 14.4 Å². The van der Waals surface area contributed by atoms with Crippen LogP contribution in [0.25, 0.3) is 6.08 Å². The van der Waals surface area contributed by atoms with Gasteiger partial charge in [-0.25, -0.2) is 9.69 Å². The molecule has 38 heavy (non-hydrogen) atoms. The molecule has 1 fully saturated rings. The van der Waals surface area contributed by atoms with Gasteiger partial charge in [0.05, 0.1) is 25.3 Å². The number of imide groups is 2. The van der Waals surface area contributed by atoms with E-state index in [4.69, 9.17) is 16.3 Å². The summed E-state index contributed by atoms with van der Waals surface area (Å²) in [5.41, 5.74) is 2.99. The van der Waals surface area contributed by atoms with E-state index in [0.717, 1.165) is 16.0 Å². The van der Waals surface area contributed by atoms with E-state index in [1.54, 1.807) is 54.6 Å². The minimum absolute atomic E-state index is 0.214. The molecule has 1 aliphatic heterocycles. The second-order valence-corrected chi connectivity index (χ2v) is 10.5. The highest BCUT2D eigenvalue weighted by molar-refractivity contribution is 9.11. The molecule has 0 aliphatic carbocycles. The number of rotatable bonds is 6. The molecule has 8 nitrogen and oxygen atoms in total. The van der Waals surface area contributed by atoms with Crippen molar-refractivity contribution < 1.29 is 23.9 Å². The fourth-order valence-corrected chi connectivity index (χ4v) is 5.24. The van der Waals surface area contributed by atoms with Crippen molar-refractivity contribution in [3.8, 4) is 5.75 Å². The number of anilines is 2. The maximum atomic E-state index is 13.2. The van der Waals surface area contributed by atoms with E-state index in [1.165, 1.54) is 6.08 Å². The molecule has 4 rings (SSSR count). The molecule has 1 saturated heterocycles. The van der Waals surface area contributed by atoms with Crippen LogP contribution in [0, 0.1) is 13.8 Å². The van der Waals surface area contributed by atoms with Crippen molar-refractivity contribution in [2.45, 2.75) is 13.8 Å². The number of amides is 5. The number of urea groups is 1. The SMILES string of the molecule is Cc1ccc(N2C(=O)NC(=O)/C(=C/c3cc(Br)c(OCC(=O)Nc4ccccc4Cl)c(Br)c3)C2=O)cc1C. The second kappa shape index (κ2) is 11.5. The molecular formula is C27H20Br2ClN3O5. The monoisotopic (exact) mass is 659 g/mol. The maximum Gasteiger partial charge on any atom is 0.335 e. The lowest BCUT2D eigenvalue weighted by Crippen LogP contribution is -2.54. The molecule has 0 spiro atoms. The number of para-hydroxylation sites is 1. The summed E-state index contributed by atoms with van der Waals surface area (Å²) in [6, 6.07) is 14.4. The van der Waals surface area contributed by atoms with Crippen LogP contribution in [0.3, 0.4) is 0 Å². The van der Waals surface area contributed by atoms with Gasteiger partial charge in [0.25, 0.3) is 17.7 Å². The lowest BCUT2D eigenvalue weighted by Gasteiger charge is -2.27. The Hall–Kier alpha value is -3.47. The smallest absolute Gasteiger partial charge is 0.335 e. The summed E-state index contributed by atoms with van der Waals surface area (Å²) < 4.78 is 6.61. The molecule has 0 saturated carbocycles. The summed E-state index contributed by atoms with van der Waals surface area (Å²) in [5.74, 6) is -1.62. The number of nitrogens with one attached hydrogen (secondary N) is 2. The predicted molar refractivity (Wildman–Crippen MR) is 152 cm³/mol. The first-order valence-corrected chi connectivity index (χ1v) is 13.2. The number of ether oxygens (including phenoxy) is 1. The summed E-state index contributed by atoms with van der Waals surface area (Å²) in [5, 5.41) is 5.29. The van der Waals surface area contributed by atoms with E-state index >= 15 is 0 Å². The number of aryl methyl sites for hydroxylation is 2. The van der Waals surface area contributed by atoms with Gasteiger partial charge in [-0.15, -0.1) is 0 Å². The Balaban J connectivity index is 1.54. The fourth-order valence-electron chi connectivity index (χ4n) is 3.61. The van der Waals surface area contributed by atoms with E-state index < -0.39 is 23.8 Å². The number of benzene rings is 3. The third-order valence-electron chi connectivity index (χ3n) is 5.68. The topological polar surface area (TPSA) is 105 Å². The molecule has 5 amide bonds. The van der Waals surface area contributed by atoms with E-state index in [1.807, 2.05) is 13.8 Å². The number of barbiturate groups is 1.